The van der Waals surface area contributed by atoms with E-state index in [0.29, 0.717) is 6.54 Å². The number of likely N-dealkylation sites (tertiary alicyclic amines) is 1. The lowest BCUT2D eigenvalue weighted by Crippen LogP contribution is -2.42. The van der Waals surface area contributed by atoms with Gasteiger partial charge in [0, 0.05) is 24.7 Å². The predicted molar refractivity (Wildman–Crippen MR) is 65.4 cm³/mol. The van der Waals surface area contributed by atoms with Crippen LogP contribution in [0, 0.1) is 5.82 Å². The van der Waals surface area contributed by atoms with Gasteiger partial charge in [-0.05, 0) is 37.6 Å². The Balaban J connectivity index is 2.08. The number of benzene rings is 1. The molecule has 1 atom stereocenters. The molecule has 0 saturated carbocycles. The Bertz CT molecular complexity index is 384. The molecule has 1 aliphatic heterocycles. The van der Waals surface area contributed by atoms with E-state index in [2.05, 4.69) is 4.90 Å². The summed E-state index contributed by atoms with van der Waals surface area (Å²) in [6, 6.07) is 4.88. The van der Waals surface area contributed by atoms with Crippen LogP contribution in [0.3, 0.4) is 0 Å². The molecule has 1 fully saturated rings. The van der Waals surface area contributed by atoms with Crippen molar-refractivity contribution in [3.8, 4) is 5.75 Å². The first-order chi connectivity index (χ1) is 8.19. The molecule has 0 aliphatic carbocycles. The summed E-state index contributed by atoms with van der Waals surface area (Å²) in [7, 11) is 1.61. The number of halogens is 1. The first-order valence-corrected chi connectivity index (χ1v) is 5.99. The Morgan fingerprint density at radius 3 is 3.06 bits per heavy atom. The zero-order chi connectivity index (χ0) is 12.3. The summed E-state index contributed by atoms with van der Waals surface area (Å²) in [6.07, 6.45) is 2.19. The Morgan fingerprint density at radius 1 is 1.53 bits per heavy atom. The highest BCUT2D eigenvalue weighted by Gasteiger charge is 2.18. The number of hydrogen-bond donors (Lipinski definition) is 1. The van der Waals surface area contributed by atoms with Gasteiger partial charge in [-0.3, -0.25) is 4.90 Å². The number of rotatable bonds is 3. The van der Waals surface area contributed by atoms with Gasteiger partial charge in [0.1, 0.15) is 11.6 Å². The van der Waals surface area contributed by atoms with Gasteiger partial charge in [-0.1, -0.05) is 0 Å². The van der Waals surface area contributed by atoms with Crippen LogP contribution in [0.25, 0.3) is 0 Å². The fourth-order valence-electron chi connectivity index (χ4n) is 2.35. The van der Waals surface area contributed by atoms with E-state index in [9.17, 15) is 4.39 Å². The average Bonchev–Trinajstić information content (AvgIpc) is 2.29. The second kappa shape index (κ2) is 5.47. The zero-order valence-electron chi connectivity index (χ0n) is 10.2. The molecule has 2 rings (SSSR count). The molecule has 1 aliphatic rings. The van der Waals surface area contributed by atoms with Crippen LogP contribution in [0.15, 0.2) is 18.2 Å². The van der Waals surface area contributed by atoms with Crippen molar-refractivity contribution in [3.63, 3.8) is 0 Å². The Kier molecular flexibility index (Phi) is 3.97. The summed E-state index contributed by atoms with van der Waals surface area (Å²) in [4.78, 5) is 2.26. The van der Waals surface area contributed by atoms with Gasteiger partial charge >= 0.3 is 0 Å². The Morgan fingerprint density at radius 2 is 2.35 bits per heavy atom. The zero-order valence-corrected chi connectivity index (χ0v) is 10.2. The van der Waals surface area contributed by atoms with E-state index in [1.54, 1.807) is 19.2 Å². The summed E-state index contributed by atoms with van der Waals surface area (Å²) < 4.78 is 18.5. The lowest BCUT2D eigenvalue weighted by Gasteiger charge is -2.31. The standard InChI is InChI=1S/C13H19FN2O/c1-17-13-5-4-11(14)7-10(13)8-16-6-2-3-12(15)9-16/h4-5,7,12H,2-3,6,8-9,15H2,1H3. The van der Waals surface area contributed by atoms with Gasteiger partial charge in [-0.2, -0.15) is 0 Å². The maximum Gasteiger partial charge on any atom is 0.123 e. The van der Waals surface area contributed by atoms with E-state index in [-0.39, 0.29) is 11.9 Å². The first-order valence-electron chi connectivity index (χ1n) is 5.99. The number of nitrogens with zero attached hydrogens (tertiary/aromatic N) is 1. The molecular weight excluding hydrogens is 219 g/mol. The van der Waals surface area contributed by atoms with Gasteiger partial charge in [-0.15, -0.1) is 0 Å². The Labute approximate surface area is 101 Å². The molecule has 1 heterocycles. The average molecular weight is 238 g/mol. The number of hydrogen-bond acceptors (Lipinski definition) is 3. The molecule has 0 amide bonds. The fraction of sp³-hybridized carbons (Fsp3) is 0.538. The highest BCUT2D eigenvalue weighted by molar-refractivity contribution is 5.33. The molecule has 0 bridgehead atoms. The molecule has 1 aromatic rings. The summed E-state index contributed by atoms with van der Waals surface area (Å²) in [5.41, 5.74) is 6.82. The monoisotopic (exact) mass is 238 g/mol. The van der Waals surface area contributed by atoms with Crippen LogP contribution in [-0.2, 0) is 6.54 Å². The highest BCUT2D eigenvalue weighted by Crippen LogP contribution is 2.22. The quantitative estimate of drug-likeness (QED) is 0.872. The van der Waals surface area contributed by atoms with E-state index >= 15 is 0 Å². The molecule has 4 heteroatoms. The van der Waals surface area contributed by atoms with Crippen molar-refractivity contribution >= 4 is 0 Å². The lowest BCUT2D eigenvalue weighted by atomic mass is 10.1. The van der Waals surface area contributed by atoms with Crippen molar-refractivity contribution in [2.75, 3.05) is 20.2 Å². The summed E-state index contributed by atoms with van der Waals surface area (Å²) >= 11 is 0. The van der Waals surface area contributed by atoms with Crippen molar-refractivity contribution in [1.82, 2.24) is 4.90 Å². The van der Waals surface area contributed by atoms with Crippen molar-refractivity contribution in [1.29, 1.82) is 0 Å². The lowest BCUT2D eigenvalue weighted by molar-refractivity contribution is 0.199. The fourth-order valence-corrected chi connectivity index (χ4v) is 2.35. The second-order valence-corrected chi connectivity index (χ2v) is 4.59. The number of piperidine rings is 1. The third-order valence-electron chi connectivity index (χ3n) is 3.18. The van der Waals surface area contributed by atoms with Crippen LogP contribution in [-0.4, -0.2) is 31.1 Å². The molecule has 1 aromatic carbocycles. The van der Waals surface area contributed by atoms with Crippen LogP contribution >= 0.6 is 0 Å². The van der Waals surface area contributed by atoms with Gasteiger partial charge in [0.05, 0.1) is 7.11 Å². The number of methoxy groups -OCH3 is 1. The van der Waals surface area contributed by atoms with Crippen molar-refractivity contribution in [2.45, 2.75) is 25.4 Å². The third kappa shape index (κ3) is 3.17. The van der Waals surface area contributed by atoms with Crippen molar-refractivity contribution < 1.29 is 9.13 Å². The van der Waals surface area contributed by atoms with E-state index in [4.69, 9.17) is 10.5 Å². The van der Waals surface area contributed by atoms with Crippen LogP contribution in [0.4, 0.5) is 4.39 Å². The molecule has 2 N–H and O–H groups in total. The molecule has 1 unspecified atom stereocenters. The predicted octanol–water partition coefficient (Wildman–Crippen LogP) is 1.76. The minimum Gasteiger partial charge on any atom is -0.496 e. The van der Waals surface area contributed by atoms with E-state index in [1.165, 1.54) is 6.07 Å². The van der Waals surface area contributed by atoms with Gasteiger partial charge in [-0.25, -0.2) is 4.39 Å². The summed E-state index contributed by atoms with van der Waals surface area (Å²) in [5.74, 6) is 0.521. The largest absolute Gasteiger partial charge is 0.496 e. The van der Waals surface area contributed by atoms with E-state index < -0.39 is 0 Å². The topological polar surface area (TPSA) is 38.5 Å². The molecule has 3 nitrogen and oxygen atoms in total. The van der Waals surface area contributed by atoms with E-state index in [1.807, 2.05) is 0 Å². The summed E-state index contributed by atoms with van der Waals surface area (Å²) in [5, 5.41) is 0. The van der Waals surface area contributed by atoms with Crippen molar-refractivity contribution in [3.05, 3.63) is 29.6 Å². The van der Waals surface area contributed by atoms with Gasteiger partial charge < -0.3 is 10.5 Å². The molecule has 0 spiro atoms. The van der Waals surface area contributed by atoms with Crippen molar-refractivity contribution in [2.24, 2.45) is 5.73 Å². The van der Waals surface area contributed by atoms with Gasteiger partial charge in [0.25, 0.3) is 0 Å². The van der Waals surface area contributed by atoms with Gasteiger partial charge in [0.2, 0.25) is 0 Å². The minimum atomic E-state index is -0.220. The smallest absolute Gasteiger partial charge is 0.123 e. The maximum atomic E-state index is 13.2. The second-order valence-electron chi connectivity index (χ2n) is 4.59. The van der Waals surface area contributed by atoms with Crippen LogP contribution in [0.2, 0.25) is 0 Å². The highest BCUT2D eigenvalue weighted by atomic mass is 19.1. The van der Waals surface area contributed by atoms with Crippen LogP contribution < -0.4 is 10.5 Å². The molecule has 1 saturated heterocycles. The first kappa shape index (κ1) is 12.3. The number of ether oxygens (including phenoxy) is 1. The molecule has 17 heavy (non-hydrogen) atoms. The normalized spacial score (nSPS) is 21.5. The van der Waals surface area contributed by atoms with E-state index in [0.717, 1.165) is 37.2 Å². The molecule has 0 radical (unpaired) electrons. The number of nitrogens with two attached hydrogens (primary N) is 1. The van der Waals surface area contributed by atoms with Gasteiger partial charge in [0.15, 0.2) is 0 Å². The summed E-state index contributed by atoms with van der Waals surface area (Å²) in [6.45, 7) is 2.60. The molecule has 0 aromatic heterocycles. The van der Waals surface area contributed by atoms with Crippen LogP contribution in [0.5, 0.6) is 5.75 Å². The maximum absolute atomic E-state index is 13.2. The SMILES string of the molecule is COc1ccc(F)cc1CN1CCCC(N)C1. The van der Waals surface area contributed by atoms with Crippen LogP contribution in [0.1, 0.15) is 18.4 Å². The third-order valence-corrected chi connectivity index (χ3v) is 3.18. The minimum absolute atomic E-state index is 0.220. The molecule has 94 valence electrons. The Hall–Kier alpha value is -1.13. The molecular formula is C13H19FN2O.